The molecule has 0 aliphatic heterocycles. The van der Waals surface area contributed by atoms with E-state index in [0.717, 1.165) is 24.0 Å². The molecule has 186 valence electrons. The highest BCUT2D eigenvalue weighted by atomic mass is 16.1. The van der Waals surface area contributed by atoms with Crippen LogP contribution in [0.15, 0.2) is 90.1 Å². The smallest absolute Gasteiger partial charge is 0.249 e. The van der Waals surface area contributed by atoms with Crippen LogP contribution < -0.4 is 5.32 Å². The van der Waals surface area contributed by atoms with E-state index in [1.165, 1.54) is 29.9 Å². The summed E-state index contributed by atoms with van der Waals surface area (Å²) in [5, 5.41) is 2.77. The molecule has 0 radical (unpaired) electrons. The number of imidazole rings is 2. The highest BCUT2D eigenvalue weighted by Crippen LogP contribution is 2.45. The Balaban J connectivity index is 1.41. The lowest BCUT2D eigenvalue weighted by atomic mass is 9.71. The van der Waals surface area contributed by atoms with Gasteiger partial charge in [-0.1, -0.05) is 49.8 Å². The van der Waals surface area contributed by atoms with Gasteiger partial charge in [0.25, 0.3) is 0 Å². The summed E-state index contributed by atoms with van der Waals surface area (Å²) in [5.74, 6) is 0.142. The summed E-state index contributed by atoms with van der Waals surface area (Å²) in [5.41, 5.74) is 5.97. The van der Waals surface area contributed by atoms with E-state index in [9.17, 15) is 4.79 Å². The highest BCUT2D eigenvalue weighted by molar-refractivity contribution is 6.03. The molecule has 1 aliphatic carbocycles. The van der Waals surface area contributed by atoms with Crippen molar-refractivity contribution in [1.29, 1.82) is 0 Å². The molecule has 4 rings (SSSR count). The first kappa shape index (κ1) is 25.0. The Hall–Kier alpha value is -4.07. The van der Waals surface area contributed by atoms with Crippen LogP contribution in [0.4, 0.5) is 5.82 Å². The first-order valence-electron chi connectivity index (χ1n) is 12.1. The third-order valence-corrected chi connectivity index (χ3v) is 6.64. The minimum absolute atomic E-state index is 0.131. The number of hydrogen-bond acceptors (Lipinski definition) is 5. The van der Waals surface area contributed by atoms with Crippen molar-refractivity contribution in [1.82, 2.24) is 29.5 Å². The van der Waals surface area contributed by atoms with Gasteiger partial charge < -0.3 is 14.9 Å². The van der Waals surface area contributed by atoms with Gasteiger partial charge >= 0.3 is 0 Å². The van der Waals surface area contributed by atoms with Crippen LogP contribution >= 0.6 is 0 Å². The fraction of sp³-hybridized carbons (Fsp3) is 0.321. The van der Waals surface area contributed by atoms with Crippen LogP contribution in [0.25, 0.3) is 11.2 Å². The van der Waals surface area contributed by atoms with Crippen molar-refractivity contribution in [3.05, 3.63) is 90.1 Å². The normalized spacial score (nSPS) is 19.1. The molecule has 2 N–H and O–H groups in total. The number of anilines is 1. The lowest BCUT2D eigenvalue weighted by molar-refractivity contribution is -0.112. The number of fused-ring (bicyclic) bond motifs is 1. The number of aromatic nitrogens is 6. The van der Waals surface area contributed by atoms with Crippen molar-refractivity contribution in [2.45, 2.75) is 53.5 Å². The lowest BCUT2D eigenvalue weighted by Gasteiger charge is -2.37. The van der Waals surface area contributed by atoms with Crippen LogP contribution in [0, 0.1) is 5.41 Å². The SMILES string of the molecule is CC1=C(/C=C/C(C)=C/C=C/C(C)=C/C(=O)Nc2ncnc3nc[nH]c23)C(C)(C)CCC1n1ccnc1. The molecule has 36 heavy (non-hydrogen) atoms. The van der Waals surface area contributed by atoms with Crippen LogP contribution in [0.2, 0.25) is 0 Å². The number of nitrogens with one attached hydrogen (secondary N) is 2. The number of carbonyl (C=O) groups is 1. The number of allylic oxidation sites excluding steroid dienone is 9. The standard InChI is InChI=1S/C28H33N7O/c1-19(9-10-22-21(3)23(11-12-28(22,4)5)35-14-13-29-18-35)7-6-8-20(2)15-24(36)34-27-25-26(31-16-30-25)32-17-33-27/h6-10,13-18,23H,11-12H2,1-5H3,(H2,30,31,32,33,34,36)/b8-6+,10-9+,19-7+,20-15+. The molecule has 3 aromatic rings. The van der Waals surface area contributed by atoms with Gasteiger partial charge in [-0.25, -0.2) is 19.9 Å². The predicted molar refractivity (Wildman–Crippen MR) is 143 cm³/mol. The Morgan fingerprint density at radius 1 is 1.19 bits per heavy atom. The number of rotatable bonds is 7. The molecule has 0 saturated heterocycles. The fourth-order valence-corrected chi connectivity index (χ4v) is 4.64. The highest BCUT2D eigenvalue weighted by Gasteiger charge is 2.32. The molecule has 1 aliphatic rings. The molecule has 0 spiro atoms. The second-order valence-corrected chi connectivity index (χ2v) is 9.85. The number of H-pyrrole nitrogens is 1. The third kappa shape index (κ3) is 5.76. The monoisotopic (exact) mass is 483 g/mol. The molecule has 1 atom stereocenters. The van der Waals surface area contributed by atoms with Crippen molar-refractivity contribution >= 4 is 22.9 Å². The molecule has 0 fully saturated rings. The average Bonchev–Trinajstić information content (AvgIpc) is 3.51. The first-order valence-corrected chi connectivity index (χ1v) is 12.1. The Labute approximate surface area is 211 Å². The summed E-state index contributed by atoms with van der Waals surface area (Å²) >= 11 is 0. The number of amides is 1. The van der Waals surface area contributed by atoms with Gasteiger partial charge in [0.2, 0.25) is 5.91 Å². The summed E-state index contributed by atoms with van der Waals surface area (Å²) in [4.78, 5) is 31.8. The molecule has 0 saturated carbocycles. The van der Waals surface area contributed by atoms with Crippen molar-refractivity contribution in [3.63, 3.8) is 0 Å². The van der Waals surface area contributed by atoms with Crippen LogP contribution in [0.1, 0.15) is 53.5 Å². The number of aromatic amines is 1. The number of carbonyl (C=O) groups excluding carboxylic acids is 1. The second kappa shape index (κ2) is 10.7. The topological polar surface area (TPSA) is 101 Å². The number of hydrogen-bond donors (Lipinski definition) is 2. The largest absolute Gasteiger partial charge is 0.340 e. The van der Waals surface area contributed by atoms with E-state index in [1.54, 1.807) is 0 Å². The molecule has 1 amide bonds. The average molecular weight is 484 g/mol. The molecule has 3 heterocycles. The van der Waals surface area contributed by atoms with Crippen LogP contribution in [-0.2, 0) is 4.79 Å². The van der Waals surface area contributed by atoms with Gasteiger partial charge in [0.15, 0.2) is 11.5 Å². The zero-order chi connectivity index (χ0) is 25.7. The zero-order valence-corrected chi connectivity index (χ0v) is 21.5. The van der Waals surface area contributed by atoms with Crippen molar-refractivity contribution in [3.8, 4) is 0 Å². The van der Waals surface area contributed by atoms with Crippen molar-refractivity contribution in [2.24, 2.45) is 5.41 Å². The summed E-state index contributed by atoms with van der Waals surface area (Å²) in [6.45, 7) is 10.8. The zero-order valence-electron chi connectivity index (χ0n) is 21.5. The molecule has 0 aromatic carbocycles. The van der Waals surface area contributed by atoms with Crippen molar-refractivity contribution < 1.29 is 4.79 Å². The van der Waals surface area contributed by atoms with Gasteiger partial charge in [-0.05, 0) is 55.7 Å². The summed E-state index contributed by atoms with van der Waals surface area (Å²) in [7, 11) is 0. The van der Waals surface area contributed by atoms with Gasteiger partial charge in [0.1, 0.15) is 11.8 Å². The molecule has 1 unspecified atom stereocenters. The third-order valence-electron chi connectivity index (χ3n) is 6.64. The van der Waals surface area contributed by atoms with Crippen LogP contribution in [0.5, 0.6) is 0 Å². The van der Waals surface area contributed by atoms with E-state index >= 15 is 0 Å². The maximum atomic E-state index is 12.4. The molecule has 8 nitrogen and oxygen atoms in total. The maximum Gasteiger partial charge on any atom is 0.249 e. The Morgan fingerprint density at radius 2 is 2.03 bits per heavy atom. The van der Waals surface area contributed by atoms with E-state index in [0.29, 0.717) is 23.0 Å². The van der Waals surface area contributed by atoms with Gasteiger partial charge in [-0.2, -0.15) is 0 Å². The van der Waals surface area contributed by atoms with Crippen molar-refractivity contribution in [2.75, 3.05) is 5.32 Å². The Bertz CT molecular complexity index is 1380. The second-order valence-electron chi connectivity index (χ2n) is 9.85. The number of nitrogens with zero attached hydrogens (tertiary/aromatic N) is 5. The quantitative estimate of drug-likeness (QED) is 0.323. The maximum absolute atomic E-state index is 12.4. The van der Waals surface area contributed by atoms with Gasteiger partial charge in [0.05, 0.1) is 18.7 Å². The summed E-state index contributed by atoms with van der Waals surface area (Å²) < 4.78 is 2.21. The molecule has 3 aromatic heterocycles. The summed E-state index contributed by atoms with van der Waals surface area (Å²) in [6, 6.07) is 0.356. The van der Waals surface area contributed by atoms with Crippen LogP contribution in [-0.4, -0.2) is 35.4 Å². The predicted octanol–water partition coefficient (Wildman–Crippen LogP) is 5.87. The Kier molecular flexibility index (Phi) is 7.43. The minimum atomic E-state index is -0.262. The molecular weight excluding hydrogens is 450 g/mol. The molecule has 0 bridgehead atoms. The minimum Gasteiger partial charge on any atom is -0.340 e. The van der Waals surface area contributed by atoms with E-state index in [2.05, 4.69) is 74.7 Å². The van der Waals surface area contributed by atoms with E-state index in [4.69, 9.17) is 0 Å². The summed E-state index contributed by atoms with van der Waals surface area (Å²) in [6.07, 6.45) is 22.8. The van der Waals surface area contributed by atoms with E-state index in [1.807, 2.05) is 43.9 Å². The van der Waals surface area contributed by atoms with Gasteiger partial charge in [0, 0.05) is 18.5 Å². The van der Waals surface area contributed by atoms with E-state index < -0.39 is 0 Å². The molecule has 8 heteroatoms. The fourth-order valence-electron chi connectivity index (χ4n) is 4.64. The first-order chi connectivity index (χ1) is 17.2. The van der Waals surface area contributed by atoms with Crippen LogP contribution in [0.3, 0.4) is 0 Å². The van der Waals surface area contributed by atoms with E-state index in [-0.39, 0.29) is 11.3 Å². The van der Waals surface area contributed by atoms with Gasteiger partial charge in [-0.3, -0.25) is 4.79 Å². The van der Waals surface area contributed by atoms with Gasteiger partial charge in [-0.15, -0.1) is 0 Å². The Morgan fingerprint density at radius 3 is 2.81 bits per heavy atom. The molecular formula is C28H33N7O. The lowest BCUT2D eigenvalue weighted by Crippen LogP contribution is -2.25.